The average Bonchev–Trinajstić information content (AvgIpc) is 2.90. The third-order valence-corrected chi connectivity index (χ3v) is 3.92. The molecule has 0 spiro atoms. The SMILES string of the molecule is Nc1nc2c(ncn2C2C(O)CC(O)C2(O)CO)c(=O)[nH]1. The van der Waals surface area contributed by atoms with Crippen molar-refractivity contribution in [2.75, 3.05) is 12.3 Å². The van der Waals surface area contributed by atoms with Gasteiger partial charge in [-0.25, -0.2) is 4.98 Å². The first-order chi connectivity index (χ1) is 9.88. The summed E-state index contributed by atoms with van der Waals surface area (Å²) in [6, 6.07) is -1.10. The summed E-state index contributed by atoms with van der Waals surface area (Å²) in [5.74, 6) is -0.144. The van der Waals surface area contributed by atoms with Gasteiger partial charge in [-0.15, -0.1) is 0 Å². The fraction of sp³-hybridized carbons (Fsp3) is 0.545. The van der Waals surface area contributed by atoms with Gasteiger partial charge in [0.2, 0.25) is 5.95 Å². The highest BCUT2D eigenvalue weighted by Crippen LogP contribution is 2.40. The number of rotatable bonds is 2. The van der Waals surface area contributed by atoms with E-state index in [1.807, 2.05) is 0 Å². The van der Waals surface area contributed by atoms with Crippen LogP contribution in [0.3, 0.4) is 0 Å². The van der Waals surface area contributed by atoms with Gasteiger partial charge >= 0.3 is 0 Å². The smallest absolute Gasteiger partial charge is 0.280 e. The van der Waals surface area contributed by atoms with Crippen LogP contribution in [0.4, 0.5) is 5.95 Å². The summed E-state index contributed by atoms with van der Waals surface area (Å²) in [5, 5.41) is 39.7. The van der Waals surface area contributed by atoms with E-state index in [1.54, 1.807) is 0 Å². The number of aromatic nitrogens is 4. The lowest BCUT2D eigenvalue weighted by atomic mass is 9.96. The van der Waals surface area contributed by atoms with Gasteiger partial charge in [0.05, 0.1) is 31.2 Å². The number of anilines is 1. The number of nitrogens with two attached hydrogens (primary N) is 1. The lowest BCUT2D eigenvalue weighted by Gasteiger charge is -2.32. The molecule has 10 heteroatoms. The van der Waals surface area contributed by atoms with E-state index in [9.17, 15) is 25.2 Å². The number of hydrogen-bond donors (Lipinski definition) is 6. The first-order valence-corrected chi connectivity index (χ1v) is 6.30. The van der Waals surface area contributed by atoms with Crippen molar-refractivity contribution >= 4 is 17.1 Å². The molecular formula is C11H15N5O5. The Morgan fingerprint density at radius 2 is 2.24 bits per heavy atom. The molecule has 1 aliphatic rings. The van der Waals surface area contributed by atoms with E-state index in [0.717, 1.165) is 0 Å². The predicted molar refractivity (Wildman–Crippen MR) is 70.3 cm³/mol. The minimum Gasteiger partial charge on any atom is -0.393 e. The Morgan fingerprint density at radius 3 is 2.90 bits per heavy atom. The van der Waals surface area contributed by atoms with Crippen molar-refractivity contribution in [2.45, 2.75) is 30.3 Å². The van der Waals surface area contributed by atoms with Gasteiger partial charge in [-0.1, -0.05) is 0 Å². The fourth-order valence-electron chi connectivity index (χ4n) is 2.86. The molecule has 2 aromatic rings. The molecule has 0 bridgehead atoms. The number of aromatic amines is 1. The van der Waals surface area contributed by atoms with E-state index in [-0.39, 0.29) is 23.5 Å². The quantitative estimate of drug-likeness (QED) is 0.342. The van der Waals surface area contributed by atoms with Gasteiger partial charge in [0.1, 0.15) is 5.60 Å². The maximum Gasteiger partial charge on any atom is 0.280 e. The van der Waals surface area contributed by atoms with Crippen LogP contribution in [-0.2, 0) is 0 Å². The maximum atomic E-state index is 11.7. The molecule has 1 saturated carbocycles. The molecule has 114 valence electrons. The second kappa shape index (κ2) is 4.49. The highest BCUT2D eigenvalue weighted by Gasteiger charge is 2.54. The molecule has 0 radical (unpaired) electrons. The molecule has 21 heavy (non-hydrogen) atoms. The molecule has 3 rings (SSSR count). The van der Waals surface area contributed by atoms with E-state index in [2.05, 4.69) is 15.0 Å². The Labute approximate surface area is 117 Å². The largest absolute Gasteiger partial charge is 0.393 e. The Bertz CT molecular complexity index is 742. The highest BCUT2D eigenvalue weighted by atomic mass is 16.4. The van der Waals surface area contributed by atoms with Crippen molar-refractivity contribution in [3.63, 3.8) is 0 Å². The molecule has 1 aliphatic carbocycles. The molecule has 0 aliphatic heterocycles. The molecule has 0 aromatic carbocycles. The van der Waals surface area contributed by atoms with Crippen LogP contribution in [0, 0.1) is 0 Å². The Balaban J connectivity index is 2.22. The molecule has 4 atom stereocenters. The number of nitrogens with one attached hydrogen (secondary N) is 1. The second-order valence-corrected chi connectivity index (χ2v) is 5.19. The van der Waals surface area contributed by atoms with E-state index in [4.69, 9.17) is 5.73 Å². The normalized spacial score (nSPS) is 32.9. The standard InChI is InChI=1S/C11H15N5O5/c12-10-14-8-6(9(20)15-10)13-3-16(8)7-4(18)1-5(19)11(7,21)2-17/h3-5,7,17-19,21H,1-2H2,(H3,12,14,15,20). The maximum absolute atomic E-state index is 11.7. The van der Waals surface area contributed by atoms with Gasteiger partial charge in [0.15, 0.2) is 11.2 Å². The highest BCUT2D eigenvalue weighted by molar-refractivity contribution is 5.70. The van der Waals surface area contributed by atoms with E-state index >= 15 is 0 Å². The third-order valence-electron chi connectivity index (χ3n) is 3.92. The van der Waals surface area contributed by atoms with Crippen LogP contribution in [0.15, 0.2) is 11.1 Å². The molecule has 10 nitrogen and oxygen atoms in total. The van der Waals surface area contributed by atoms with E-state index in [1.165, 1.54) is 10.9 Å². The van der Waals surface area contributed by atoms with Crippen molar-refractivity contribution in [3.05, 3.63) is 16.7 Å². The third kappa shape index (κ3) is 1.84. The molecule has 4 unspecified atom stereocenters. The zero-order chi connectivity index (χ0) is 15.4. The first-order valence-electron chi connectivity index (χ1n) is 6.30. The van der Waals surface area contributed by atoms with Crippen molar-refractivity contribution in [3.8, 4) is 0 Å². The molecule has 0 saturated heterocycles. The monoisotopic (exact) mass is 297 g/mol. The molecular weight excluding hydrogens is 282 g/mol. The van der Waals surface area contributed by atoms with Gasteiger partial charge in [0.25, 0.3) is 5.56 Å². The Morgan fingerprint density at radius 1 is 1.52 bits per heavy atom. The number of hydrogen-bond acceptors (Lipinski definition) is 8. The van der Waals surface area contributed by atoms with Crippen molar-refractivity contribution in [1.29, 1.82) is 0 Å². The zero-order valence-corrected chi connectivity index (χ0v) is 10.8. The summed E-state index contributed by atoms with van der Waals surface area (Å²) < 4.78 is 1.25. The number of H-pyrrole nitrogens is 1. The summed E-state index contributed by atoms with van der Waals surface area (Å²) >= 11 is 0. The number of fused-ring (bicyclic) bond motifs is 1. The predicted octanol–water partition coefficient (Wildman–Crippen LogP) is -2.91. The van der Waals surface area contributed by atoms with Crippen LogP contribution in [0.5, 0.6) is 0 Å². The van der Waals surface area contributed by atoms with Gasteiger partial charge in [-0.2, -0.15) is 4.98 Å². The molecule has 0 amide bonds. The number of aliphatic hydroxyl groups excluding tert-OH is 3. The molecule has 2 heterocycles. The summed E-state index contributed by atoms with van der Waals surface area (Å²) in [6.45, 7) is -0.770. The van der Waals surface area contributed by atoms with Crippen LogP contribution in [-0.4, -0.2) is 64.4 Å². The van der Waals surface area contributed by atoms with Crippen LogP contribution >= 0.6 is 0 Å². The van der Waals surface area contributed by atoms with Crippen LogP contribution in [0.1, 0.15) is 12.5 Å². The van der Waals surface area contributed by atoms with E-state index in [0.29, 0.717) is 0 Å². The van der Waals surface area contributed by atoms with Crippen LogP contribution < -0.4 is 11.3 Å². The number of aliphatic hydroxyl groups is 4. The lowest BCUT2D eigenvalue weighted by molar-refractivity contribution is -0.111. The topological polar surface area (TPSA) is 171 Å². The van der Waals surface area contributed by atoms with E-state index < -0.39 is 36.0 Å². The Kier molecular flexibility index (Phi) is 2.99. The summed E-state index contributed by atoms with van der Waals surface area (Å²) in [5.41, 5.74) is 3.00. The number of nitrogen functional groups attached to an aromatic ring is 1. The van der Waals surface area contributed by atoms with Gasteiger partial charge in [-0.05, 0) is 0 Å². The number of nitrogens with zero attached hydrogens (tertiary/aromatic N) is 3. The first kappa shape index (κ1) is 13.9. The minimum absolute atomic E-state index is 0.0157. The summed E-state index contributed by atoms with van der Waals surface area (Å²) in [4.78, 5) is 21.8. The minimum atomic E-state index is -1.97. The average molecular weight is 297 g/mol. The summed E-state index contributed by atoms with van der Waals surface area (Å²) in [6.07, 6.45) is -1.38. The van der Waals surface area contributed by atoms with Crippen LogP contribution in [0.2, 0.25) is 0 Å². The fourth-order valence-corrected chi connectivity index (χ4v) is 2.86. The Hall–Kier alpha value is -2.01. The van der Waals surface area contributed by atoms with Gasteiger partial charge in [-0.3, -0.25) is 9.78 Å². The zero-order valence-electron chi connectivity index (χ0n) is 10.8. The van der Waals surface area contributed by atoms with Crippen molar-refractivity contribution in [1.82, 2.24) is 19.5 Å². The molecule has 7 N–H and O–H groups in total. The summed E-state index contributed by atoms with van der Waals surface area (Å²) in [7, 11) is 0. The molecule has 1 fully saturated rings. The van der Waals surface area contributed by atoms with Crippen molar-refractivity contribution < 1.29 is 20.4 Å². The van der Waals surface area contributed by atoms with Crippen LogP contribution in [0.25, 0.3) is 11.2 Å². The van der Waals surface area contributed by atoms with Gasteiger partial charge < -0.3 is 30.7 Å². The number of imidazole rings is 1. The second-order valence-electron chi connectivity index (χ2n) is 5.19. The lowest BCUT2D eigenvalue weighted by Crippen LogP contribution is -2.48. The molecule has 2 aromatic heterocycles. The van der Waals surface area contributed by atoms with Crippen molar-refractivity contribution in [2.24, 2.45) is 0 Å². The van der Waals surface area contributed by atoms with Gasteiger partial charge in [0, 0.05) is 6.42 Å².